The molecule has 4 fully saturated rings. The lowest BCUT2D eigenvalue weighted by Gasteiger charge is -2.57. The second-order valence-corrected chi connectivity index (χ2v) is 8.99. The van der Waals surface area contributed by atoms with Crippen molar-refractivity contribution < 1.29 is 10.2 Å². The van der Waals surface area contributed by atoms with Crippen molar-refractivity contribution in [1.29, 1.82) is 0 Å². The fourth-order valence-electron chi connectivity index (χ4n) is 7.61. The molecule has 0 unspecified atom stereocenters. The molecule has 4 saturated carbocycles. The van der Waals surface area contributed by atoms with Crippen LogP contribution in [0.15, 0.2) is 0 Å². The van der Waals surface area contributed by atoms with Gasteiger partial charge in [0.2, 0.25) is 0 Å². The summed E-state index contributed by atoms with van der Waals surface area (Å²) in [5, 5.41) is 21.2. The minimum Gasteiger partial charge on any atom is -0.393 e. The first-order chi connectivity index (χ1) is 11.0. The average molecular weight is 316 g/mol. The molecule has 0 saturated heterocycles. The van der Waals surface area contributed by atoms with E-state index in [2.05, 4.69) is 12.8 Å². The molecule has 0 aromatic heterocycles. The Labute approximate surface area is 141 Å². The van der Waals surface area contributed by atoms with Gasteiger partial charge in [0.25, 0.3) is 0 Å². The molecule has 0 radical (unpaired) electrons. The molecule has 0 amide bonds. The second kappa shape index (κ2) is 5.50. The summed E-state index contributed by atoms with van der Waals surface area (Å²) in [4.78, 5) is 0. The van der Waals surface area contributed by atoms with Gasteiger partial charge in [0.1, 0.15) is 5.60 Å². The van der Waals surface area contributed by atoms with Crippen molar-refractivity contribution in [2.75, 3.05) is 0 Å². The molecule has 4 rings (SSSR count). The number of aliphatic hydroxyl groups is 2. The molecule has 0 aliphatic heterocycles. The van der Waals surface area contributed by atoms with Crippen LogP contribution < -0.4 is 0 Å². The van der Waals surface area contributed by atoms with Gasteiger partial charge in [-0.3, -0.25) is 0 Å². The molecule has 4 aliphatic rings. The number of hydrogen-bond donors (Lipinski definition) is 2. The molecule has 2 heteroatoms. The summed E-state index contributed by atoms with van der Waals surface area (Å²) < 4.78 is 0. The van der Waals surface area contributed by atoms with Crippen LogP contribution in [0.5, 0.6) is 0 Å². The molecule has 0 bridgehead atoms. The van der Waals surface area contributed by atoms with Gasteiger partial charge in [-0.15, -0.1) is 6.42 Å². The Bertz CT molecular complexity index is 508. The molecule has 0 aromatic rings. The summed E-state index contributed by atoms with van der Waals surface area (Å²) in [6.07, 6.45) is 16.9. The third-order valence-electron chi connectivity index (χ3n) is 8.65. The Kier molecular flexibility index (Phi) is 3.82. The van der Waals surface area contributed by atoms with Crippen LogP contribution in [-0.2, 0) is 0 Å². The normalized spacial score (nSPS) is 55.4. The quantitative estimate of drug-likeness (QED) is 0.723. The maximum Gasteiger partial charge on any atom is 0.131 e. The van der Waals surface area contributed by atoms with Gasteiger partial charge in [0.15, 0.2) is 0 Å². The van der Waals surface area contributed by atoms with Gasteiger partial charge in [0.05, 0.1) is 6.10 Å². The van der Waals surface area contributed by atoms with E-state index < -0.39 is 5.60 Å². The van der Waals surface area contributed by atoms with E-state index in [-0.39, 0.29) is 11.5 Å². The number of rotatable bonds is 1. The van der Waals surface area contributed by atoms with Crippen LogP contribution in [0.2, 0.25) is 0 Å². The Hall–Kier alpha value is -0.520. The zero-order valence-corrected chi connectivity index (χ0v) is 14.5. The van der Waals surface area contributed by atoms with E-state index in [0.29, 0.717) is 5.92 Å². The highest BCUT2D eigenvalue weighted by Gasteiger charge is 2.63. The van der Waals surface area contributed by atoms with Crippen LogP contribution >= 0.6 is 0 Å². The van der Waals surface area contributed by atoms with Gasteiger partial charge in [-0.1, -0.05) is 12.8 Å². The van der Waals surface area contributed by atoms with E-state index in [1.54, 1.807) is 0 Å². The standard InChI is InChI=1S/C21H32O2/c1-3-20-11-9-17-16-8-6-15(22)13-14(16)5-7-18(17)19(20)10-12-21(20,23)4-2/h2,14-19,22-23H,3,5-13H2,1H3/t14-,15+,16+,17-,18-,19+,20+,21-/m1/s1. The van der Waals surface area contributed by atoms with Crippen molar-refractivity contribution >= 4 is 0 Å². The molecule has 2 nitrogen and oxygen atoms in total. The van der Waals surface area contributed by atoms with Crippen LogP contribution in [0.3, 0.4) is 0 Å². The van der Waals surface area contributed by atoms with Gasteiger partial charge in [0, 0.05) is 5.41 Å². The van der Waals surface area contributed by atoms with Gasteiger partial charge in [-0.25, -0.2) is 0 Å². The molecule has 2 N–H and O–H groups in total. The molecule has 8 atom stereocenters. The Morgan fingerprint density at radius 2 is 1.78 bits per heavy atom. The Balaban J connectivity index is 1.62. The molecule has 128 valence electrons. The Morgan fingerprint density at radius 3 is 2.52 bits per heavy atom. The third kappa shape index (κ3) is 2.09. The van der Waals surface area contributed by atoms with Crippen LogP contribution in [0, 0.1) is 47.3 Å². The van der Waals surface area contributed by atoms with Crippen molar-refractivity contribution in [3.63, 3.8) is 0 Å². The van der Waals surface area contributed by atoms with E-state index in [1.807, 2.05) is 0 Å². The van der Waals surface area contributed by atoms with E-state index in [1.165, 1.54) is 25.7 Å². The van der Waals surface area contributed by atoms with E-state index in [4.69, 9.17) is 6.42 Å². The van der Waals surface area contributed by atoms with Crippen molar-refractivity contribution in [2.45, 2.75) is 82.8 Å². The fourth-order valence-corrected chi connectivity index (χ4v) is 7.61. The third-order valence-corrected chi connectivity index (χ3v) is 8.65. The molecule has 4 aliphatic carbocycles. The maximum atomic E-state index is 11.1. The van der Waals surface area contributed by atoms with E-state index >= 15 is 0 Å². The number of terminal acetylenes is 1. The highest BCUT2D eigenvalue weighted by Crippen LogP contribution is 2.66. The van der Waals surface area contributed by atoms with Gasteiger partial charge in [-0.2, -0.15) is 0 Å². The summed E-state index contributed by atoms with van der Waals surface area (Å²) >= 11 is 0. The van der Waals surface area contributed by atoms with Gasteiger partial charge in [-0.05, 0) is 93.8 Å². The highest BCUT2D eigenvalue weighted by molar-refractivity contribution is 5.24. The van der Waals surface area contributed by atoms with Crippen LogP contribution in [-0.4, -0.2) is 21.9 Å². The first-order valence-corrected chi connectivity index (χ1v) is 9.93. The molecule has 0 spiro atoms. The van der Waals surface area contributed by atoms with Gasteiger partial charge >= 0.3 is 0 Å². The number of hydrogen-bond acceptors (Lipinski definition) is 2. The molecule has 0 aromatic carbocycles. The largest absolute Gasteiger partial charge is 0.393 e. The van der Waals surface area contributed by atoms with Crippen LogP contribution in [0.1, 0.15) is 71.1 Å². The topological polar surface area (TPSA) is 40.5 Å². The van der Waals surface area contributed by atoms with E-state index in [9.17, 15) is 10.2 Å². The van der Waals surface area contributed by atoms with E-state index in [0.717, 1.165) is 62.2 Å². The molecule has 23 heavy (non-hydrogen) atoms. The summed E-state index contributed by atoms with van der Waals surface area (Å²) in [5.74, 6) is 6.61. The zero-order valence-electron chi connectivity index (χ0n) is 14.5. The molecular formula is C21H32O2. The van der Waals surface area contributed by atoms with Crippen LogP contribution in [0.4, 0.5) is 0 Å². The van der Waals surface area contributed by atoms with Crippen molar-refractivity contribution in [2.24, 2.45) is 35.0 Å². The lowest BCUT2D eigenvalue weighted by atomic mass is 9.48. The summed E-state index contributed by atoms with van der Waals surface area (Å²) in [6.45, 7) is 2.24. The fraction of sp³-hybridized carbons (Fsp3) is 0.905. The summed E-state index contributed by atoms with van der Waals surface area (Å²) in [6, 6.07) is 0. The molecule has 0 heterocycles. The summed E-state index contributed by atoms with van der Waals surface area (Å²) in [5.41, 5.74) is -0.888. The zero-order chi connectivity index (χ0) is 16.2. The predicted octanol–water partition coefficient (Wildman–Crippen LogP) is 3.75. The first-order valence-electron chi connectivity index (χ1n) is 9.93. The average Bonchev–Trinajstić information content (AvgIpc) is 2.88. The van der Waals surface area contributed by atoms with Crippen molar-refractivity contribution in [3.8, 4) is 12.3 Å². The monoisotopic (exact) mass is 316 g/mol. The smallest absolute Gasteiger partial charge is 0.131 e. The number of aliphatic hydroxyl groups excluding tert-OH is 1. The maximum absolute atomic E-state index is 11.1. The van der Waals surface area contributed by atoms with Crippen molar-refractivity contribution in [1.82, 2.24) is 0 Å². The SMILES string of the molecule is C#C[C@@]1(O)CC[C@H]2[C@@H]3CC[C@@H]4C[C@@H](O)CC[C@@H]4[C@H]3CC[C@@]21CC. The minimum atomic E-state index is -0.864. The highest BCUT2D eigenvalue weighted by atomic mass is 16.3. The van der Waals surface area contributed by atoms with Crippen LogP contribution in [0.25, 0.3) is 0 Å². The number of fused-ring (bicyclic) bond motifs is 5. The lowest BCUT2D eigenvalue weighted by molar-refractivity contribution is -0.121. The summed E-state index contributed by atoms with van der Waals surface area (Å²) in [7, 11) is 0. The Morgan fingerprint density at radius 1 is 1.00 bits per heavy atom. The van der Waals surface area contributed by atoms with Gasteiger partial charge < -0.3 is 10.2 Å². The predicted molar refractivity (Wildman–Crippen MR) is 91.5 cm³/mol. The first kappa shape index (κ1) is 16.0. The minimum absolute atomic E-state index is 0.0239. The second-order valence-electron chi connectivity index (χ2n) is 8.99. The van der Waals surface area contributed by atoms with Crippen molar-refractivity contribution in [3.05, 3.63) is 0 Å². The molecular weight excluding hydrogens is 284 g/mol. The lowest BCUT2D eigenvalue weighted by Crippen LogP contribution is -2.54.